The summed E-state index contributed by atoms with van der Waals surface area (Å²) in [5, 5.41) is 0. The number of nitrogen functional groups attached to an aromatic ring is 1. The molecule has 0 aliphatic carbocycles. The van der Waals surface area contributed by atoms with Gasteiger partial charge in [0.2, 0.25) is 0 Å². The first-order chi connectivity index (χ1) is 11.8. The number of para-hydroxylation sites is 1. The molecule has 3 aromatic rings. The lowest BCUT2D eigenvalue weighted by atomic mass is 10.0. The molecule has 122 valence electrons. The fourth-order valence-corrected chi connectivity index (χ4v) is 2.40. The van der Waals surface area contributed by atoms with Crippen LogP contribution in [0.2, 0.25) is 0 Å². The van der Waals surface area contributed by atoms with Crippen LogP contribution in [0.1, 0.15) is 27.4 Å². The van der Waals surface area contributed by atoms with Crippen molar-refractivity contribution in [1.82, 2.24) is 5.43 Å². The summed E-state index contributed by atoms with van der Waals surface area (Å²) < 4.78 is 11.3. The zero-order valence-electron chi connectivity index (χ0n) is 13.1. The molecule has 0 saturated heterocycles. The van der Waals surface area contributed by atoms with Gasteiger partial charge in [-0.25, -0.2) is 5.84 Å². The Morgan fingerprint density at radius 3 is 2.54 bits per heavy atom. The van der Waals surface area contributed by atoms with Gasteiger partial charge in [0.15, 0.2) is 5.76 Å². The van der Waals surface area contributed by atoms with Crippen LogP contribution >= 0.6 is 0 Å². The minimum absolute atomic E-state index is 0.161. The smallest absolute Gasteiger partial charge is 0.300 e. The summed E-state index contributed by atoms with van der Waals surface area (Å²) in [5.74, 6) is 6.13. The zero-order valence-corrected chi connectivity index (χ0v) is 13.1. The third-order valence-electron chi connectivity index (χ3n) is 3.60. The van der Waals surface area contributed by atoms with Gasteiger partial charge in [0.25, 0.3) is 0 Å². The first-order valence-electron chi connectivity index (χ1n) is 7.60. The van der Waals surface area contributed by atoms with Crippen molar-refractivity contribution >= 4 is 5.91 Å². The molecule has 0 aliphatic rings. The third-order valence-corrected chi connectivity index (χ3v) is 3.60. The van der Waals surface area contributed by atoms with Crippen molar-refractivity contribution < 1.29 is 13.9 Å². The summed E-state index contributed by atoms with van der Waals surface area (Å²) in [6.45, 7) is 0.240. The van der Waals surface area contributed by atoms with Crippen molar-refractivity contribution in [1.29, 1.82) is 0 Å². The molecule has 5 nitrogen and oxygen atoms in total. The summed E-state index contributed by atoms with van der Waals surface area (Å²) in [7, 11) is 0. The largest absolute Gasteiger partial charge is 0.485 e. The second-order valence-electron chi connectivity index (χ2n) is 5.30. The first kappa shape index (κ1) is 15.8. The molecule has 0 aliphatic heterocycles. The lowest BCUT2D eigenvalue weighted by Crippen LogP contribution is -2.29. The van der Waals surface area contributed by atoms with Crippen molar-refractivity contribution in [3.63, 3.8) is 0 Å². The van der Waals surface area contributed by atoms with Crippen LogP contribution in [0.3, 0.4) is 0 Å². The minimum atomic E-state index is -0.467. The van der Waals surface area contributed by atoms with E-state index in [1.54, 1.807) is 12.1 Å². The van der Waals surface area contributed by atoms with E-state index < -0.39 is 5.91 Å². The fourth-order valence-electron chi connectivity index (χ4n) is 2.40. The number of hydrogen-bond donors (Lipinski definition) is 2. The first-order valence-corrected chi connectivity index (χ1v) is 7.60. The molecule has 0 unspecified atom stereocenters. The van der Waals surface area contributed by atoms with Crippen LogP contribution in [0.25, 0.3) is 0 Å². The Bertz CT molecular complexity index is 812. The summed E-state index contributed by atoms with van der Waals surface area (Å²) in [6, 6.07) is 21.4. The van der Waals surface area contributed by atoms with Gasteiger partial charge in [0, 0.05) is 6.42 Å². The fraction of sp³-hybridized carbons (Fsp3) is 0.105. The van der Waals surface area contributed by atoms with E-state index in [1.165, 1.54) is 5.56 Å². The van der Waals surface area contributed by atoms with Gasteiger partial charge in [0.05, 0.1) is 0 Å². The number of amides is 1. The van der Waals surface area contributed by atoms with Crippen LogP contribution in [-0.2, 0) is 13.0 Å². The van der Waals surface area contributed by atoms with Gasteiger partial charge in [-0.05, 0) is 29.3 Å². The zero-order chi connectivity index (χ0) is 16.8. The summed E-state index contributed by atoms with van der Waals surface area (Å²) in [4.78, 5) is 11.4. The van der Waals surface area contributed by atoms with E-state index in [9.17, 15) is 4.79 Å². The van der Waals surface area contributed by atoms with Crippen molar-refractivity contribution in [3.05, 3.63) is 89.4 Å². The predicted molar refractivity (Wildman–Crippen MR) is 90.4 cm³/mol. The number of ether oxygens (including phenoxy) is 1. The number of carbonyl (C=O) groups is 1. The second-order valence-corrected chi connectivity index (χ2v) is 5.30. The van der Waals surface area contributed by atoms with Crippen LogP contribution < -0.4 is 16.0 Å². The van der Waals surface area contributed by atoms with Crippen molar-refractivity contribution in [2.75, 3.05) is 0 Å². The highest BCUT2D eigenvalue weighted by Gasteiger charge is 2.11. The van der Waals surface area contributed by atoms with E-state index in [4.69, 9.17) is 15.0 Å². The number of nitrogens with one attached hydrogen (secondary N) is 1. The number of hydrogen-bond acceptors (Lipinski definition) is 4. The second kappa shape index (κ2) is 7.48. The molecule has 5 heteroatoms. The van der Waals surface area contributed by atoms with Gasteiger partial charge < -0.3 is 9.15 Å². The Kier molecular flexibility index (Phi) is 4.93. The highest BCUT2D eigenvalue weighted by molar-refractivity contribution is 5.90. The van der Waals surface area contributed by atoms with Gasteiger partial charge in [-0.1, -0.05) is 48.5 Å². The van der Waals surface area contributed by atoms with Gasteiger partial charge in [-0.2, -0.15) is 0 Å². The van der Waals surface area contributed by atoms with Crippen molar-refractivity contribution in [2.24, 2.45) is 5.84 Å². The number of carbonyl (C=O) groups excluding carboxylic acids is 1. The van der Waals surface area contributed by atoms with Crippen LogP contribution in [0.5, 0.6) is 5.75 Å². The molecule has 1 aromatic heterocycles. The Morgan fingerprint density at radius 1 is 1.00 bits per heavy atom. The molecule has 24 heavy (non-hydrogen) atoms. The quantitative estimate of drug-likeness (QED) is 0.415. The number of benzene rings is 2. The average molecular weight is 322 g/mol. The molecule has 0 fully saturated rings. The Morgan fingerprint density at radius 2 is 1.75 bits per heavy atom. The highest BCUT2D eigenvalue weighted by atomic mass is 16.5. The molecule has 0 saturated carbocycles. The average Bonchev–Trinajstić information content (AvgIpc) is 3.10. The summed E-state index contributed by atoms with van der Waals surface area (Å²) in [5.41, 5.74) is 4.34. The van der Waals surface area contributed by atoms with Gasteiger partial charge in [-0.15, -0.1) is 0 Å². The lowest BCUT2D eigenvalue weighted by Gasteiger charge is -2.10. The van der Waals surface area contributed by atoms with Crippen molar-refractivity contribution in [2.45, 2.75) is 13.0 Å². The molecule has 1 amide bonds. The number of furan rings is 1. The van der Waals surface area contributed by atoms with Crippen LogP contribution in [-0.4, -0.2) is 5.91 Å². The Balaban J connectivity index is 1.69. The van der Waals surface area contributed by atoms with Gasteiger partial charge >= 0.3 is 5.91 Å². The van der Waals surface area contributed by atoms with E-state index in [0.717, 1.165) is 17.7 Å². The molecular formula is C19H18N2O3. The maximum atomic E-state index is 11.4. The molecule has 0 radical (unpaired) electrons. The molecule has 3 rings (SSSR count). The van der Waals surface area contributed by atoms with E-state index in [2.05, 4.69) is 12.1 Å². The SMILES string of the molecule is NNC(=O)c1ccc(COc2ccccc2Cc2ccccc2)o1. The van der Waals surface area contributed by atoms with Crippen molar-refractivity contribution in [3.8, 4) is 5.75 Å². The topological polar surface area (TPSA) is 77.5 Å². The summed E-state index contributed by atoms with van der Waals surface area (Å²) >= 11 is 0. The van der Waals surface area contributed by atoms with Crippen LogP contribution in [0, 0.1) is 0 Å². The van der Waals surface area contributed by atoms with E-state index in [0.29, 0.717) is 5.76 Å². The Hall–Kier alpha value is -3.05. The number of hydrazine groups is 1. The highest BCUT2D eigenvalue weighted by Crippen LogP contribution is 2.23. The van der Waals surface area contributed by atoms with Crippen LogP contribution in [0.4, 0.5) is 0 Å². The standard InChI is InChI=1S/C19H18N2O3/c20-21-19(22)18-11-10-16(24-18)13-23-17-9-5-4-8-15(17)12-14-6-2-1-3-7-14/h1-11H,12-13,20H2,(H,21,22). The van der Waals surface area contributed by atoms with Gasteiger partial charge in [0.1, 0.15) is 18.1 Å². The van der Waals surface area contributed by atoms with Gasteiger partial charge in [-0.3, -0.25) is 10.2 Å². The predicted octanol–water partition coefficient (Wildman–Crippen LogP) is 3.05. The number of nitrogens with two attached hydrogens (primary N) is 1. The Labute approximate surface area is 140 Å². The maximum Gasteiger partial charge on any atom is 0.300 e. The minimum Gasteiger partial charge on any atom is -0.485 e. The molecule has 2 aromatic carbocycles. The van der Waals surface area contributed by atoms with Crippen LogP contribution in [0.15, 0.2) is 71.1 Å². The lowest BCUT2D eigenvalue weighted by molar-refractivity contribution is 0.0922. The third kappa shape index (κ3) is 3.83. The monoisotopic (exact) mass is 322 g/mol. The van der Waals surface area contributed by atoms with E-state index in [1.807, 2.05) is 47.9 Å². The molecule has 3 N–H and O–H groups in total. The maximum absolute atomic E-state index is 11.4. The molecule has 0 spiro atoms. The molecular weight excluding hydrogens is 304 g/mol. The van der Waals surface area contributed by atoms with E-state index >= 15 is 0 Å². The number of rotatable bonds is 6. The molecule has 0 atom stereocenters. The normalized spacial score (nSPS) is 10.4. The molecule has 0 bridgehead atoms. The molecule has 1 heterocycles. The van der Waals surface area contributed by atoms with E-state index in [-0.39, 0.29) is 12.4 Å². The summed E-state index contributed by atoms with van der Waals surface area (Å²) in [6.07, 6.45) is 0.788.